The van der Waals surface area contributed by atoms with Gasteiger partial charge in [-0.05, 0) is 56.1 Å². The van der Waals surface area contributed by atoms with Crippen molar-refractivity contribution in [1.82, 2.24) is 20.1 Å². The van der Waals surface area contributed by atoms with Crippen LogP contribution in [0.3, 0.4) is 0 Å². The van der Waals surface area contributed by atoms with Gasteiger partial charge in [-0.15, -0.1) is 0 Å². The van der Waals surface area contributed by atoms with Crippen LogP contribution in [0, 0.1) is 5.82 Å². The zero-order chi connectivity index (χ0) is 18.5. The van der Waals surface area contributed by atoms with Crippen LogP contribution < -0.4 is 5.32 Å². The maximum Gasteiger partial charge on any atom is 0.193 e. The molecular weight excluding hydrogens is 329 g/mol. The highest BCUT2D eigenvalue weighted by atomic mass is 19.1. The minimum Gasteiger partial charge on any atom is -0.361 e. The number of benzene rings is 1. The Hall–Kier alpha value is -2.08. The van der Waals surface area contributed by atoms with Crippen LogP contribution in [0.25, 0.3) is 10.9 Å². The molecule has 1 aromatic carbocycles. The topological polar surface area (TPSA) is 46.7 Å². The molecule has 2 N–H and O–H groups in total. The summed E-state index contributed by atoms with van der Waals surface area (Å²) in [4.78, 5) is 12.4. The van der Waals surface area contributed by atoms with Crippen LogP contribution in [0.4, 0.5) is 4.39 Å². The summed E-state index contributed by atoms with van der Waals surface area (Å²) in [6.45, 7) is 6.31. The zero-order valence-corrected chi connectivity index (χ0v) is 16.1. The maximum absolute atomic E-state index is 13.5. The quantitative estimate of drug-likeness (QED) is 0.616. The van der Waals surface area contributed by atoms with Gasteiger partial charge in [0, 0.05) is 50.3 Å². The van der Waals surface area contributed by atoms with Crippen LogP contribution in [-0.4, -0.2) is 67.1 Å². The lowest BCUT2D eigenvalue weighted by Crippen LogP contribution is -2.46. The molecule has 1 fully saturated rings. The summed E-state index contributed by atoms with van der Waals surface area (Å²) in [6, 6.07) is 5.48. The van der Waals surface area contributed by atoms with Crippen molar-refractivity contribution in [3.63, 3.8) is 0 Å². The number of H-pyrrole nitrogens is 1. The average Bonchev–Trinajstić information content (AvgIpc) is 3.25. The molecule has 1 atom stereocenters. The Labute approximate surface area is 155 Å². The molecule has 1 saturated heterocycles. The molecule has 0 bridgehead atoms. The molecule has 3 rings (SSSR count). The lowest BCUT2D eigenvalue weighted by Gasteiger charge is -2.29. The Kier molecular flexibility index (Phi) is 6.14. The molecule has 2 heterocycles. The number of fused-ring (bicyclic) bond motifs is 1. The normalized spacial score (nSPS) is 18.6. The molecule has 1 aliphatic heterocycles. The van der Waals surface area contributed by atoms with E-state index in [-0.39, 0.29) is 5.82 Å². The first kappa shape index (κ1) is 18.7. The number of nitrogens with one attached hydrogen (secondary N) is 2. The van der Waals surface area contributed by atoms with Crippen molar-refractivity contribution in [3.8, 4) is 0 Å². The minimum absolute atomic E-state index is 0.195. The second kappa shape index (κ2) is 8.54. The number of nitrogens with zero attached hydrogens (tertiary/aromatic N) is 3. The third-order valence-electron chi connectivity index (χ3n) is 5.37. The third-order valence-corrected chi connectivity index (χ3v) is 5.37. The number of halogens is 1. The Morgan fingerprint density at radius 1 is 1.46 bits per heavy atom. The van der Waals surface area contributed by atoms with E-state index in [0.717, 1.165) is 48.5 Å². The molecule has 1 aromatic heterocycles. The molecule has 1 unspecified atom stereocenters. The van der Waals surface area contributed by atoms with E-state index < -0.39 is 0 Å². The molecule has 1 aliphatic rings. The van der Waals surface area contributed by atoms with Crippen LogP contribution >= 0.6 is 0 Å². The molecular formula is C20H30FN5. The molecule has 5 nitrogen and oxygen atoms in total. The van der Waals surface area contributed by atoms with E-state index in [1.54, 1.807) is 12.1 Å². The van der Waals surface area contributed by atoms with Gasteiger partial charge in [0.1, 0.15) is 5.82 Å². The SMILES string of the molecule is CCN1CCCC1CN(C)C(=NC)NCCc1c[nH]c2ccc(F)cc12. The first-order valence-electron chi connectivity index (χ1n) is 9.53. The number of rotatable bonds is 6. The summed E-state index contributed by atoms with van der Waals surface area (Å²) in [7, 11) is 3.93. The first-order valence-corrected chi connectivity index (χ1v) is 9.53. The summed E-state index contributed by atoms with van der Waals surface area (Å²) in [6.07, 6.45) is 5.34. The van der Waals surface area contributed by atoms with Crippen molar-refractivity contribution in [3.05, 3.63) is 35.8 Å². The number of likely N-dealkylation sites (N-methyl/N-ethyl adjacent to an activating group) is 2. The molecule has 0 amide bonds. The fourth-order valence-corrected chi connectivity index (χ4v) is 3.97. The predicted molar refractivity (Wildman–Crippen MR) is 106 cm³/mol. The standard InChI is InChI=1S/C20H30FN5/c1-4-26-11-5-6-17(26)14-25(3)20(22-2)23-10-9-15-13-24-19-8-7-16(21)12-18(15)19/h7-8,12-13,17,24H,4-6,9-11,14H2,1-3H3,(H,22,23). The van der Waals surface area contributed by atoms with Crippen molar-refractivity contribution < 1.29 is 4.39 Å². The van der Waals surface area contributed by atoms with Gasteiger partial charge >= 0.3 is 0 Å². The van der Waals surface area contributed by atoms with E-state index in [2.05, 4.69) is 39.1 Å². The van der Waals surface area contributed by atoms with E-state index in [4.69, 9.17) is 0 Å². The van der Waals surface area contributed by atoms with Crippen molar-refractivity contribution in [2.24, 2.45) is 4.99 Å². The van der Waals surface area contributed by atoms with Gasteiger partial charge in [0.05, 0.1) is 0 Å². The molecule has 2 aromatic rings. The number of hydrogen-bond acceptors (Lipinski definition) is 2. The van der Waals surface area contributed by atoms with Gasteiger partial charge in [-0.2, -0.15) is 0 Å². The van der Waals surface area contributed by atoms with Crippen molar-refractivity contribution in [1.29, 1.82) is 0 Å². The Morgan fingerprint density at radius 3 is 3.08 bits per heavy atom. The van der Waals surface area contributed by atoms with Gasteiger partial charge < -0.3 is 15.2 Å². The summed E-state index contributed by atoms with van der Waals surface area (Å²) >= 11 is 0. The highest BCUT2D eigenvalue weighted by Crippen LogP contribution is 2.20. The van der Waals surface area contributed by atoms with Gasteiger partial charge in [0.15, 0.2) is 5.96 Å². The second-order valence-corrected chi connectivity index (χ2v) is 7.03. The van der Waals surface area contributed by atoms with E-state index in [9.17, 15) is 4.39 Å². The highest BCUT2D eigenvalue weighted by Gasteiger charge is 2.24. The van der Waals surface area contributed by atoms with Crippen LogP contribution in [0.2, 0.25) is 0 Å². The fourth-order valence-electron chi connectivity index (χ4n) is 3.97. The van der Waals surface area contributed by atoms with Gasteiger partial charge in [-0.25, -0.2) is 4.39 Å². The molecule has 0 radical (unpaired) electrons. The fraction of sp³-hybridized carbons (Fsp3) is 0.550. The summed E-state index contributed by atoms with van der Waals surface area (Å²) in [5.74, 6) is 0.720. The second-order valence-electron chi connectivity index (χ2n) is 7.03. The molecule has 6 heteroatoms. The first-order chi connectivity index (χ1) is 12.6. The van der Waals surface area contributed by atoms with Gasteiger partial charge in [0.2, 0.25) is 0 Å². The van der Waals surface area contributed by atoms with Crippen molar-refractivity contribution >= 4 is 16.9 Å². The summed E-state index contributed by atoms with van der Waals surface area (Å²) < 4.78 is 13.5. The Balaban J connectivity index is 1.54. The zero-order valence-electron chi connectivity index (χ0n) is 16.1. The van der Waals surface area contributed by atoms with Gasteiger partial charge in [-0.1, -0.05) is 6.92 Å². The van der Waals surface area contributed by atoms with Gasteiger partial charge in [0.25, 0.3) is 0 Å². The van der Waals surface area contributed by atoms with E-state index in [1.807, 2.05) is 13.2 Å². The van der Waals surface area contributed by atoms with E-state index in [0.29, 0.717) is 6.04 Å². The maximum atomic E-state index is 13.5. The lowest BCUT2D eigenvalue weighted by molar-refractivity contribution is 0.233. The Morgan fingerprint density at radius 2 is 2.31 bits per heavy atom. The van der Waals surface area contributed by atoms with Crippen LogP contribution in [-0.2, 0) is 6.42 Å². The lowest BCUT2D eigenvalue weighted by atomic mass is 10.1. The van der Waals surface area contributed by atoms with Crippen molar-refractivity contribution in [2.45, 2.75) is 32.2 Å². The number of aliphatic imine (C=N–C) groups is 1. The smallest absolute Gasteiger partial charge is 0.193 e. The van der Waals surface area contributed by atoms with Crippen LogP contribution in [0.5, 0.6) is 0 Å². The van der Waals surface area contributed by atoms with Crippen LogP contribution in [0.1, 0.15) is 25.3 Å². The monoisotopic (exact) mass is 359 g/mol. The molecule has 26 heavy (non-hydrogen) atoms. The van der Waals surface area contributed by atoms with E-state index in [1.165, 1.54) is 25.5 Å². The summed E-state index contributed by atoms with van der Waals surface area (Å²) in [5.41, 5.74) is 2.10. The van der Waals surface area contributed by atoms with Gasteiger partial charge in [-0.3, -0.25) is 9.89 Å². The molecule has 142 valence electrons. The largest absolute Gasteiger partial charge is 0.361 e. The average molecular weight is 359 g/mol. The van der Waals surface area contributed by atoms with Crippen LogP contribution in [0.15, 0.2) is 29.4 Å². The van der Waals surface area contributed by atoms with E-state index >= 15 is 0 Å². The molecule has 0 aliphatic carbocycles. The highest BCUT2D eigenvalue weighted by molar-refractivity contribution is 5.83. The molecule has 0 saturated carbocycles. The Bertz CT molecular complexity index is 754. The number of aromatic nitrogens is 1. The number of guanidine groups is 1. The molecule has 0 spiro atoms. The minimum atomic E-state index is -0.195. The number of hydrogen-bond donors (Lipinski definition) is 2. The number of aromatic amines is 1. The summed E-state index contributed by atoms with van der Waals surface area (Å²) in [5, 5.41) is 4.40. The number of likely N-dealkylation sites (tertiary alicyclic amines) is 1. The third kappa shape index (κ3) is 4.18. The van der Waals surface area contributed by atoms with Crippen molar-refractivity contribution in [2.75, 3.05) is 40.3 Å². The predicted octanol–water partition coefficient (Wildman–Crippen LogP) is 2.84.